The maximum Gasteiger partial charge on any atom is 0.285 e. The number of phenolic OH excluding ortho intramolecular Hbond substituents is 1. The number of nitro groups is 1. The van der Waals surface area contributed by atoms with Gasteiger partial charge in [0.1, 0.15) is 5.75 Å². The number of phenols is 1. The first-order chi connectivity index (χ1) is 8.56. The molecule has 3 N–H and O–H groups in total. The van der Waals surface area contributed by atoms with Crippen LogP contribution < -0.4 is 5.73 Å². The number of anilines is 1. The van der Waals surface area contributed by atoms with Gasteiger partial charge in [-0.15, -0.1) is 0 Å². The Balaban J connectivity index is 2.34. The summed E-state index contributed by atoms with van der Waals surface area (Å²) in [6, 6.07) is 11.0. The van der Waals surface area contributed by atoms with E-state index in [1.807, 2.05) is 0 Å². The van der Waals surface area contributed by atoms with Crippen LogP contribution in [0.25, 0.3) is 0 Å². The van der Waals surface area contributed by atoms with Gasteiger partial charge in [0.05, 0.1) is 9.82 Å². The Morgan fingerprint density at radius 2 is 1.83 bits per heavy atom. The zero-order valence-electron chi connectivity index (χ0n) is 9.24. The van der Waals surface area contributed by atoms with Crippen molar-refractivity contribution < 1.29 is 10.0 Å². The van der Waals surface area contributed by atoms with Gasteiger partial charge in [0.25, 0.3) is 5.69 Å². The van der Waals surface area contributed by atoms with E-state index in [2.05, 4.69) is 0 Å². The van der Waals surface area contributed by atoms with Crippen molar-refractivity contribution >= 4 is 23.1 Å². The highest BCUT2D eigenvalue weighted by Gasteiger charge is 2.15. The predicted octanol–water partition coefficient (Wildman–Crippen LogP) is 3.03. The molecule has 0 saturated carbocycles. The van der Waals surface area contributed by atoms with E-state index in [4.69, 9.17) is 10.8 Å². The van der Waals surface area contributed by atoms with E-state index in [-0.39, 0.29) is 11.4 Å². The van der Waals surface area contributed by atoms with E-state index >= 15 is 0 Å². The van der Waals surface area contributed by atoms with Gasteiger partial charge in [-0.2, -0.15) is 0 Å². The second-order valence-corrected chi connectivity index (χ2v) is 4.70. The fourth-order valence-corrected chi connectivity index (χ4v) is 2.30. The van der Waals surface area contributed by atoms with E-state index in [0.29, 0.717) is 10.6 Å². The summed E-state index contributed by atoms with van der Waals surface area (Å²) < 4.78 is 0. The molecule has 0 aliphatic heterocycles. The van der Waals surface area contributed by atoms with Gasteiger partial charge < -0.3 is 10.8 Å². The monoisotopic (exact) mass is 262 g/mol. The quantitative estimate of drug-likeness (QED) is 0.504. The van der Waals surface area contributed by atoms with Crippen LogP contribution in [0.4, 0.5) is 11.4 Å². The normalized spacial score (nSPS) is 10.2. The summed E-state index contributed by atoms with van der Waals surface area (Å²) in [6.45, 7) is 0. The van der Waals surface area contributed by atoms with Gasteiger partial charge in [0.2, 0.25) is 0 Å². The lowest BCUT2D eigenvalue weighted by Gasteiger charge is -2.04. The molecule has 2 aromatic carbocycles. The first-order valence-corrected chi connectivity index (χ1v) is 5.89. The second-order valence-electron chi connectivity index (χ2n) is 3.58. The molecule has 2 rings (SSSR count). The summed E-state index contributed by atoms with van der Waals surface area (Å²) in [5.41, 5.74) is 5.87. The molecule has 0 spiro atoms. The van der Waals surface area contributed by atoms with Crippen LogP contribution in [0.5, 0.6) is 5.75 Å². The first kappa shape index (κ1) is 12.3. The van der Waals surface area contributed by atoms with Crippen LogP contribution in [-0.2, 0) is 0 Å². The fraction of sp³-hybridized carbons (Fsp3) is 0. The van der Waals surface area contributed by atoms with Crippen LogP contribution in [0.1, 0.15) is 0 Å². The van der Waals surface area contributed by atoms with Crippen LogP contribution >= 0.6 is 11.8 Å². The molecule has 18 heavy (non-hydrogen) atoms. The Kier molecular flexibility index (Phi) is 3.38. The molecule has 92 valence electrons. The lowest BCUT2D eigenvalue weighted by molar-refractivity contribution is -0.387. The predicted molar refractivity (Wildman–Crippen MR) is 69.7 cm³/mol. The molecular formula is C12H10N2O3S. The number of aromatic hydroxyl groups is 1. The van der Waals surface area contributed by atoms with Gasteiger partial charge >= 0.3 is 0 Å². The lowest BCUT2D eigenvalue weighted by Crippen LogP contribution is -1.93. The van der Waals surface area contributed by atoms with Crippen molar-refractivity contribution in [3.63, 3.8) is 0 Å². The Labute approximate surface area is 107 Å². The molecule has 0 aromatic heterocycles. The molecule has 0 amide bonds. The Morgan fingerprint density at radius 1 is 1.17 bits per heavy atom. The average molecular weight is 262 g/mol. The summed E-state index contributed by atoms with van der Waals surface area (Å²) in [5, 5.41) is 20.1. The zero-order chi connectivity index (χ0) is 13.1. The first-order valence-electron chi connectivity index (χ1n) is 5.07. The summed E-state index contributed by atoms with van der Waals surface area (Å²) >= 11 is 1.25. The number of hydrogen-bond acceptors (Lipinski definition) is 5. The number of nitrogens with two attached hydrogens (primary N) is 1. The van der Waals surface area contributed by atoms with E-state index in [1.54, 1.807) is 24.3 Å². The minimum atomic E-state index is -0.459. The van der Waals surface area contributed by atoms with Crippen molar-refractivity contribution in [3.05, 3.63) is 52.6 Å². The van der Waals surface area contributed by atoms with Gasteiger partial charge in [-0.3, -0.25) is 10.1 Å². The minimum Gasteiger partial charge on any atom is -0.508 e. The number of nitro benzene ring substituents is 1. The van der Waals surface area contributed by atoms with E-state index in [0.717, 1.165) is 4.90 Å². The average Bonchev–Trinajstić information content (AvgIpc) is 2.34. The maximum atomic E-state index is 10.9. The Hall–Kier alpha value is -2.21. The van der Waals surface area contributed by atoms with Crippen molar-refractivity contribution in [2.24, 2.45) is 0 Å². The van der Waals surface area contributed by atoms with E-state index < -0.39 is 4.92 Å². The van der Waals surface area contributed by atoms with Crippen LogP contribution in [0.15, 0.2) is 52.3 Å². The standard InChI is InChI=1S/C12H10N2O3S/c13-8-1-6-12(11(7-8)14(16)17)18-10-4-2-9(15)3-5-10/h1-7,15H,13H2. The fourth-order valence-electron chi connectivity index (χ4n) is 1.40. The number of benzene rings is 2. The number of nitrogens with zero attached hydrogens (tertiary/aromatic N) is 1. The molecule has 0 heterocycles. The number of hydrogen-bond donors (Lipinski definition) is 2. The molecule has 6 heteroatoms. The molecule has 0 aliphatic carbocycles. The molecule has 0 radical (unpaired) electrons. The van der Waals surface area contributed by atoms with E-state index in [1.165, 1.54) is 30.0 Å². The molecule has 0 unspecified atom stereocenters. The third-order valence-corrected chi connectivity index (χ3v) is 3.32. The van der Waals surface area contributed by atoms with Crippen molar-refractivity contribution in [1.82, 2.24) is 0 Å². The van der Waals surface area contributed by atoms with Gasteiger partial charge in [0, 0.05) is 16.6 Å². The van der Waals surface area contributed by atoms with Crippen LogP contribution in [0, 0.1) is 10.1 Å². The van der Waals surface area contributed by atoms with Crippen molar-refractivity contribution in [2.45, 2.75) is 9.79 Å². The molecule has 2 aromatic rings. The molecule has 0 fully saturated rings. The summed E-state index contributed by atoms with van der Waals surface area (Å²) in [4.78, 5) is 11.8. The van der Waals surface area contributed by atoms with Gasteiger partial charge in [0.15, 0.2) is 0 Å². The number of nitrogen functional groups attached to an aromatic ring is 1. The highest BCUT2D eigenvalue weighted by molar-refractivity contribution is 7.99. The Morgan fingerprint density at radius 3 is 2.44 bits per heavy atom. The second kappa shape index (κ2) is 4.97. The SMILES string of the molecule is Nc1ccc(Sc2ccc(O)cc2)c([N+](=O)[O-])c1. The van der Waals surface area contributed by atoms with Crippen molar-refractivity contribution in [1.29, 1.82) is 0 Å². The van der Waals surface area contributed by atoms with Crippen molar-refractivity contribution in [3.8, 4) is 5.75 Å². The largest absolute Gasteiger partial charge is 0.508 e. The topological polar surface area (TPSA) is 89.4 Å². The molecule has 0 saturated heterocycles. The van der Waals surface area contributed by atoms with Crippen LogP contribution in [0.2, 0.25) is 0 Å². The van der Waals surface area contributed by atoms with Crippen LogP contribution in [0.3, 0.4) is 0 Å². The third-order valence-electron chi connectivity index (χ3n) is 2.24. The Bertz CT molecular complexity index is 584. The van der Waals surface area contributed by atoms with E-state index in [9.17, 15) is 10.1 Å². The third kappa shape index (κ3) is 2.72. The maximum absolute atomic E-state index is 10.9. The molecule has 0 atom stereocenters. The highest BCUT2D eigenvalue weighted by Crippen LogP contribution is 2.36. The molecule has 5 nitrogen and oxygen atoms in total. The van der Waals surface area contributed by atoms with Crippen molar-refractivity contribution in [2.75, 3.05) is 5.73 Å². The van der Waals surface area contributed by atoms with Gasteiger partial charge in [-0.05, 0) is 36.4 Å². The highest BCUT2D eigenvalue weighted by atomic mass is 32.2. The van der Waals surface area contributed by atoms with Crippen LogP contribution in [-0.4, -0.2) is 10.0 Å². The number of rotatable bonds is 3. The minimum absolute atomic E-state index is 0.0203. The zero-order valence-corrected chi connectivity index (χ0v) is 10.1. The summed E-state index contributed by atoms with van der Waals surface area (Å²) in [7, 11) is 0. The lowest BCUT2D eigenvalue weighted by atomic mass is 10.3. The molecular weight excluding hydrogens is 252 g/mol. The summed E-state index contributed by atoms with van der Waals surface area (Å²) in [5.74, 6) is 0.158. The molecule has 0 aliphatic rings. The van der Waals surface area contributed by atoms with Gasteiger partial charge in [-0.25, -0.2) is 0 Å². The summed E-state index contributed by atoms with van der Waals surface area (Å²) in [6.07, 6.45) is 0. The molecule has 0 bridgehead atoms. The smallest absolute Gasteiger partial charge is 0.285 e. The van der Waals surface area contributed by atoms with Gasteiger partial charge in [-0.1, -0.05) is 11.8 Å².